The molecule has 0 bridgehead atoms. The molecular weight excluding hydrogens is 420 g/mol. The third-order valence-electron chi connectivity index (χ3n) is 8.40. The van der Waals surface area contributed by atoms with Crippen molar-refractivity contribution in [3.05, 3.63) is 130 Å². The van der Waals surface area contributed by atoms with Gasteiger partial charge < -0.3 is 0 Å². The number of hydrogen-bond donors (Lipinski definition) is 0. The zero-order chi connectivity index (χ0) is 23.8. The Kier molecular flexibility index (Phi) is 5.53. The first-order valence-electron chi connectivity index (χ1n) is 13.0. The molecule has 0 nitrogen and oxygen atoms in total. The molecule has 2 aliphatic carbocycles. The Morgan fingerprint density at radius 1 is 0.514 bits per heavy atom. The molecule has 35 heavy (non-hydrogen) atoms. The maximum atomic E-state index is 2.53. The van der Waals surface area contributed by atoms with Crippen molar-refractivity contribution in [3.8, 4) is 22.3 Å². The third kappa shape index (κ3) is 3.60. The molecule has 0 saturated heterocycles. The molecule has 6 rings (SSSR count). The summed E-state index contributed by atoms with van der Waals surface area (Å²) in [5.41, 5.74) is 14.4. The van der Waals surface area contributed by atoms with Gasteiger partial charge in [0.1, 0.15) is 0 Å². The van der Waals surface area contributed by atoms with Crippen LogP contribution in [0.4, 0.5) is 0 Å². The van der Waals surface area contributed by atoms with Crippen LogP contribution in [-0.4, -0.2) is 0 Å². The van der Waals surface area contributed by atoms with Crippen LogP contribution >= 0.6 is 0 Å². The first kappa shape index (κ1) is 21.9. The SMILES string of the molecule is CCC(CC)(C1=Cc2c(cccc2-c2ccccc2)C1)C1=Cc2c(cccc2-c2ccccc2)C1. The molecule has 0 N–H and O–H groups in total. The van der Waals surface area contributed by atoms with E-state index >= 15 is 0 Å². The van der Waals surface area contributed by atoms with Crippen LogP contribution in [0.2, 0.25) is 0 Å². The fourth-order valence-electron chi connectivity index (χ4n) is 6.45. The second-order valence-electron chi connectivity index (χ2n) is 9.97. The molecule has 0 heterocycles. The predicted octanol–water partition coefficient (Wildman–Crippen LogP) is 9.41. The van der Waals surface area contributed by atoms with Crippen LogP contribution in [0.5, 0.6) is 0 Å². The molecule has 4 aromatic carbocycles. The average molecular weight is 453 g/mol. The van der Waals surface area contributed by atoms with E-state index in [0.717, 1.165) is 25.7 Å². The van der Waals surface area contributed by atoms with Crippen LogP contribution in [-0.2, 0) is 12.8 Å². The van der Waals surface area contributed by atoms with E-state index in [1.54, 1.807) is 11.1 Å². The lowest BCUT2D eigenvalue weighted by molar-refractivity contribution is 0.390. The zero-order valence-corrected chi connectivity index (χ0v) is 20.7. The largest absolute Gasteiger partial charge is 0.0642 e. The summed E-state index contributed by atoms with van der Waals surface area (Å²) in [6, 6.07) is 35.4. The summed E-state index contributed by atoms with van der Waals surface area (Å²) in [7, 11) is 0. The molecule has 0 amide bonds. The van der Waals surface area contributed by atoms with Gasteiger partial charge in [-0.15, -0.1) is 0 Å². The lowest BCUT2D eigenvalue weighted by atomic mass is 9.68. The van der Waals surface area contributed by atoms with Crippen LogP contribution in [0, 0.1) is 5.41 Å². The first-order chi connectivity index (χ1) is 17.2. The second kappa shape index (κ2) is 8.86. The van der Waals surface area contributed by atoms with E-state index in [9.17, 15) is 0 Å². The molecule has 172 valence electrons. The topological polar surface area (TPSA) is 0 Å². The quantitative estimate of drug-likeness (QED) is 0.273. The summed E-state index contributed by atoms with van der Waals surface area (Å²) in [5.74, 6) is 0. The molecule has 0 saturated carbocycles. The standard InChI is InChI=1S/C35H32/c1-3-35(4-2,29-21-27-17-11-19-31(33(27)23-29)25-13-7-5-8-14-25)30-22-28-18-12-20-32(34(28)24-30)26-15-9-6-10-16-26/h5-20,23-24H,3-4,21-22H2,1-2H3. The van der Waals surface area contributed by atoms with Crippen molar-refractivity contribution in [1.82, 2.24) is 0 Å². The average Bonchev–Trinajstić information content (AvgIpc) is 3.56. The van der Waals surface area contributed by atoms with Crippen LogP contribution in [0.25, 0.3) is 34.4 Å². The van der Waals surface area contributed by atoms with E-state index in [1.807, 2.05) is 0 Å². The summed E-state index contributed by atoms with van der Waals surface area (Å²) in [6.45, 7) is 4.76. The molecule has 0 spiro atoms. The molecule has 0 radical (unpaired) electrons. The maximum absolute atomic E-state index is 2.53. The number of allylic oxidation sites excluding steroid dienone is 2. The lowest BCUT2D eigenvalue weighted by Gasteiger charge is -2.35. The number of rotatable bonds is 6. The Morgan fingerprint density at radius 2 is 0.943 bits per heavy atom. The van der Waals surface area contributed by atoms with Gasteiger partial charge in [0.2, 0.25) is 0 Å². The Balaban J connectivity index is 1.44. The number of fused-ring (bicyclic) bond motifs is 2. The van der Waals surface area contributed by atoms with Crippen molar-refractivity contribution in [1.29, 1.82) is 0 Å². The highest BCUT2D eigenvalue weighted by Crippen LogP contribution is 2.52. The summed E-state index contributed by atoms with van der Waals surface area (Å²) in [5, 5.41) is 0. The molecule has 0 atom stereocenters. The molecule has 0 fully saturated rings. The van der Waals surface area contributed by atoms with Crippen molar-refractivity contribution in [2.75, 3.05) is 0 Å². The molecule has 0 aliphatic heterocycles. The lowest BCUT2D eigenvalue weighted by Crippen LogP contribution is -2.25. The summed E-state index contributed by atoms with van der Waals surface area (Å²) in [6.07, 6.45) is 9.43. The van der Waals surface area contributed by atoms with Crippen molar-refractivity contribution in [3.63, 3.8) is 0 Å². The normalized spacial score (nSPS) is 14.3. The first-order valence-corrected chi connectivity index (χ1v) is 13.0. The highest BCUT2D eigenvalue weighted by Gasteiger charge is 2.39. The smallest absolute Gasteiger partial charge is 0.0129 e. The van der Waals surface area contributed by atoms with E-state index in [2.05, 4.69) is 123 Å². The Morgan fingerprint density at radius 3 is 1.34 bits per heavy atom. The van der Waals surface area contributed by atoms with Gasteiger partial charge in [-0.25, -0.2) is 0 Å². The fourth-order valence-corrected chi connectivity index (χ4v) is 6.45. The van der Waals surface area contributed by atoms with E-state index < -0.39 is 0 Å². The Hall–Kier alpha value is -3.64. The van der Waals surface area contributed by atoms with Gasteiger partial charge in [-0.3, -0.25) is 0 Å². The van der Waals surface area contributed by atoms with Crippen molar-refractivity contribution in [2.24, 2.45) is 5.41 Å². The zero-order valence-electron chi connectivity index (χ0n) is 20.7. The highest BCUT2D eigenvalue weighted by atomic mass is 14.4. The summed E-state index contributed by atoms with van der Waals surface area (Å²) >= 11 is 0. The van der Waals surface area contributed by atoms with Gasteiger partial charge in [0.15, 0.2) is 0 Å². The van der Waals surface area contributed by atoms with Gasteiger partial charge in [0, 0.05) is 5.41 Å². The summed E-state index contributed by atoms with van der Waals surface area (Å²) in [4.78, 5) is 0. The maximum Gasteiger partial charge on any atom is 0.0129 e. The Bertz CT molecular complexity index is 1320. The van der Waals surface area contributed by atoms with Gasteiger partial charge in [0.05, 0.1) is 0 Å². The molecular formula is C35H32. The van der Waals surface area contributed by atoms with Gasteiger partial charge in [-0.2, -0.15) is 0 Å². The second-order valence-corrected chi connectivity index (χ2v) is 9.97. The highest BCUT2D eigenvalue weighted by molar-refractivity contribution is 5.84. The van der Waals surface area contributed by atoms with Crippen LogP contribution in [0.3, 0.4) is 0 Å². The minimum atomic E-state index is 0.0972. The molecule has 4 aromatic rings. The fraction of sp³-hybridized carbons (Fsp3) is 0.200. The van der Waals surface area contributed by atoms with Crippen molar-refractivity contribution < 1.29 is 0 Å². The van der Waals surface area contributed by atoms with E-state index in [-0.39, 0.29) is 5.41 Å². The predicted molar refractivity (Wildman–Crippen MR) is 150 cm³/mol. The molecule has 2 aliphatic rings. The van der Waals surface area contributed by atoms with Crippen LogP contribution in [0.15, 0.2) is 108 Å². The minimum absolute atomic E-state index is 0.0972. The van der Waals surface area contributed by atoms with E-state index in [4.69, 9.17) is 0 Å². The number of benzene rings is 4. The molecule has 0 heteroatoms. The van der Waals surface area contributed by atoms with Crippen molar-refractivity contribution >= 4 is 12.2 Å². The Labute approximate surface area is 209 Å². The van der Waals surface area contributed by atoms with Gasteiger partial charge in [0.25, 0.3) is 0 Å². The minimum Gasteiger partial charge on any atom is -0.0642 e. The molecule has 0 unspecified atom stereocenters. The van der Waals surface area contributed by atoms with Crippen LogP contribution in [0.1, 0.15) is 48.9 Å². The number of hydrogen-bond acceptors (Lipinski definition) is 0. The van der Waals surface area contributed by atoms with E-state index in [1.165, 1.54) is 44.5 Å². The summed E-state index contributed by atoms with van der Waals surface area (Å²) < 4.78 is 0. The van der Waals surface area contributed by atoms with Crippen LogP contribution < -0.4 is 0 Å². The van der Waals surface area contributed by atoms with Crippen molar-refractivity contribution in [2.45, 2.75) is 39.5 Å². The van der Waals surface area contributed by atoms with E-state index in [0.29, 0.717) is 0 Å². The van der Waals surface area contributed by atoms with Gasteiger partial charge in [-0.1, -0.05) is 134 Å². The third-order valence-corrected chi connectivity index (χ3v) is 8.40. The van der Waals surface area contributed by atoms with Gasteiger partial charge in [-0.05, 0) is 70.2 Å². The monoisotopic (exact) mass is 452 g/mol. The molecule has 0 aromatic heterocycles. The van der Waals surface area contributed by atoms with Gasteiger partial charge >= 0.3 is 0 Å².